The third kappa shape index (κ3) is 5.84. The lowest BCUT2D eigenvalue weighted by Crippen LogP contribution is -2.28. The summed E-state index contributed by atoms with van der Waals surface area (Å²) in [4.78, 5) is 23.3. The highest BCUT2D eigenvalue weighted by Crippen LogP contribution is 2.21. The van der Waals surface area contributed by atoms with Crippen LogP contribution in [-0.4, -0.2) is 45.5 Å². The van der Waals surface area contributed by atoms with Crippen molar-refractivity contribution in [3.8, 4) is 5.75 Å². The first-order valence-corrected chi connectivity index (χ1v) is 9.46. The van der Waals surface area contributed by atoms with Crippen LogP contribution in [0, 0.1) is 5.92 Å². The fourth-order valence-electron chi connectivity index (χ4n) is 2.47. The van der Waals surface area contributed by atoms with Gasteiger partial charge in [-0.15, -0.1) is 0 Å². The third-order valence-electron chi connectivity index (χ3n) is 3.80. The standard InChI is InChI=1S/C16H21NO6S/c1-22-14-4-2-12(3-5-14)9-17-15(18)10-23-16(19)8-13-6-7-24(20,21)11-13/h2-5,13H,6-11H2,1H3,(H,17,18)/t13-/m0/s1. The second-order valence-corrected chi connectivity index (χ2v) is 7.99. The molecule has 1 heterocycles. The molecule has 1 aromatic rings. The van der Waals surface area contributed by atoms with Crippen molar-refractivity contribution < 1.29 is 27.5 Å². The summed E-state index contributed by atoms with van der Waals surface area (Å²) in [6.07, 6.45) is 0.506. The van der Waals surface area contributed by atoms with E-state index in [2.05, 4.69) is 5.32 Å². The van der Waals surface area contributed by atoms with Crippen LogP contribution >= 0.6 is 0 Å². The van der Waals surface area contributed by atoms with Crippen LogP contribution in [0.5, 0.6) is 5.75 Å². The van der Waals surface area contributed by atoms with Gasteiger partial charge in [-0.25, -0.2) is 8.42 Å². The van der Waals surface area contributed by atoms with Gasteiger partial charge in [0, 0.05) is 13.0 Å². The van der Waals surface area contributed by atoms with E-state index in [9.17, 15) is 18.0 Å². The zero-order valence-corrected chi connectivity index (χ0v) is 14.3. The molecule has 2 rings (SSSR count). The van der Waals surface area contributed by atoms with Gasteiger partial charge in [-0.2, -0.15) is 0 Å². The Morgan fingerprint density at radius 3 is 2.54 bits per heavy atom. The van der Waals surface area contributed by atoms with Crippen molar-refractivity contribution in [3.63, 3.8) is 0 Å². The summed E-state index contributed by atoms with van der Waals surface area (Å²) >= 11 is 0. The van der Waals surface area contributed by atoms with E-state index in [0.29, 0.717) is 13.0 Å². The minimum absolute atomic E-state index is 0.0196. The lowest BCUT2D eigenvalue weighted by molar-refractivity contribution is -0.149. The monoisotopic (exact) mass is 355 g/mol. The second-order valence-electron chi connectivity index (χ2n) is 5.76. The molecule has 1 aliphatic rings. The van der Waals surface area contributed by atoms with Gasteiger partial charge in [-0.05, 0) is 30.0 Å². The first-order chi connectivity index (χ1) is 11.4. The summed E-state index contributed by atoms with van der Waals surface area (Å²) in [7, 11) is -1.44. The van der Waals surface area contributed by atoms with Crippen molar-refractivity contribution in [1.82, 2.24) is 5.32 Å². The molecule has 1 N–H and O–H groups in total. The third-order valence-corrected chi connectivity index (χ3v) is 5.63. The van der Waals surface area contributed by atoms with E-state index < -0.39 is 21.7 Å². The van der Waals surface area contributed by atoms with Gasteiger partial charge in [0.15, 0.2) is 16.4 Å². The molecule has 0 radical (unpaired) electrons. The Hall–Kier alpha value is -2.09. The van der Waals surface area contributed by atoms with Crippen LogP contribution in [0.2, 0.25) is 0 Å². The molecule has 0 aliphatic carbocycles. The Labute approximate surface area is 141 Å². The van der Waals surface area contributed by atoms with Crippen LogP contribution in [-0.2, 0) is 30.7 Å². The van der Waals surface area contributed by atoms with Crippen molar-refractivity contribution in [2.45, 2.75) is 19.4 Å². The highest BCUT2D eigenvalue weighted by Gasteiger charge is 2.29. The summed E-state index contributed by atoms with van der Waals surface area (Å²) in [5.41, 5.74) is 0.895. The fourth-order valence-corrected chi connectivity index (χ4v) is 4.33. The molecular weight excluding hydrogens is 334 g/mol. The molecule has 1 atom stereocenters. The summed E-state index contributed by atoms with van der Waals surface area (Å²) in [6, 6.07) is 7.23. The maximum Gasteiger partial charge on any atom is 0.306 e. The highest BCUT2D eigenvalue weighted by atomic mass is 32.2. The van der Waals surface area contributed by atoms with Crippen molar-refractivity contribution in [2.75, 3.05) is 25.2 Å². The number of hydrogen-bond acceptors (Lipinski definition) is 6. The van der Waals surface area contributed by atoms with Crippen molar-refractivity contribution in [3.05, 3.63) is 29.8 Å². The molecule has 24 heavy (non-hydrogen) atoms. The maximum absolute atomic E-state index is 11.7. The van der Waals surface area contributed by atoms with Gasteiger partial charge in [0.05, 0.1) is 18.6 Å². The molecule has 0 aromatic heterocycles. The van der Waals surface area contributed by atoms with Crippen LogP contribution in [0.15, 0.2) is 24.3 Å². The van der Waals surface area contributed by atoms with Gasteiger partial charge >= 0.3 is 5.97 Å². The molecule has 0 saturated carbocycles. The van der Waals surface area contributed by atoms with Crippen LogP contribution in [0.4, 0.5) is 0 Å². The molecule has 8 heteroatoms. The van der Waals surface area contributed by atoms with Crippen LogP contribution in [0.3, 0.4) is 0 Å². The van der Waals surface area contributed by atoms with Crippen molar-refractivity contribution >= 4 is 21.7 Å². The number of nitrogens with one attached hydrogen (secondary N) is 1. The van der Waals surface area contributed by atoms with E-state index in [1.165, 1.54) is 0 Å². The van der Waals surface area contributed by atoms with Crippen molar-refractivity contribution in [2.24, 2.45) is 5.92 Å². The Morgan fingerprint density at radius 2 is 1.96 bits per heavy atom. The number of hydrogen-bond donors (Lipinski definition) is 1. The molecule has 132 valence electrons. The minimum atomic E-state index is -3.01. The normalized spacial score (nSPS) is 18.8. The fraction of sp³-hybridized carbons (Fsp3) is 0.500. The largest absolute Gasteiger partial charge is 0.497 e. The van der Waals surface area contributed by atoms with Gasteiger partial charge < -0.3 is 14.8 Å². The van der Waals surface area contributed by atoms with Gasteiger partial charge in [0.2, 0.25) is 0 Å². The summed E-state index contributed by atoms with van der Waals surface area (Å²) in [5, 5.41) is 2.65. The van der Waals surface area contributed by atoms with Gasteiger partial charge in [0.25, 0.3) is 5.91 Å². The van der Waals surface area contributed by atoms with E-state index >= 15 is 0 Å². The second kappa shape index (κ2) is 8.14. The van der Waals surface area contributed by atoms with Crippen molar-refractivity contribution in [1.29, 1.82) is 0 Å². The van der Waals surface area contributed by atoms with E-state index in [0.717, 1.165) is 11.3 Å². The zero-order chi connectivity index (χ0) is 17.6. The minimum Gasteiger partial charge on any atom is -0.497 e. The van der Waals surface area contributed by atoms with Gasteiger partial charge in [0.1, 0.15) is 5.75 Å². The van der Waals surface area contributed by atoms with Gasteiger partial charge in [-0.1, -0.05) is 12.1 Å². The van der Waals surface area contributed by atoms with Gasteiger partial charge in [-0.3, -0.25) is 9.59 Å². The van der Waals surface area contributed by atoms with E-state index in [4.69, 9.17) is 9.47 Å². The quantitative estimate of drug-likeness (QED) is 0.722. The zero-order valence-electron chi connectivity index (χ0n) is 13.5. The molecule has 1 amide bonds. The molecular formula is C16H21NO6S. The summed E-state index contributed by atoms with van der Waals surface area (Å²) < 4.78 is 32.6. The predicted molar refractivity (Wildman–Crippen MR) is 87.2 cm³/mol. The number of carbonyl (C=O) groups is 2. The smallest absolute Gasteiger partial charge is 0.306 e. The number of benzene rings is 1. The Morgan fingerprint density at radius 1 is 1.25 bits per heavy atom. The predicted octanol–water partition coefficient (Wildman–Crippen LogP) is 0.679. The number of ether oxygens (including phenoxy) is 2. The highest BCUT2D eigenvalue weighted by molar-refractivity contribution is 7.91. The molecule has 1 saturated heterocycles. The molecule has 0 bridgehead atoms. The SMILES string of the molecule is COc1ccc(CNC(=O)COC(=O)C[C@@H]2CCS(=O)(=O)C2)cc1. The summed E-state index contributed by atoms with van der Waals surface area (Å²) in [6.45, 7) is -0.0459. The maximum atomic E-state index is 11.7. The van der Waals surface area contributed by atoms with Crippen LogP contribution in [0.25, 0.3) is 0 Å². The Balaban J connectivity index is 1.66. The first kappa shape index (κ1) is 18.3. The number of esters is 1. The number of methoxy groups -OCH3 is 1. The molecule has 7 nitrogen and oxygen atoms in total. The van der Waals surface area contributed by atoms with E-state index in [-0.39, 0.29) is 30.5 Å². The molecule has 1 fully saturated rings. The van der Waals surface area contributed by atoms with E-state index in [1.54, 1.807) is 19.2 Å². The lowest BCUT2D eigenvalue weighted by atomic mass is 10.1. The summed E-state index contributed by atoms with van der Waals surface area (Å²) in [5.74, 6) is -0.285. The van der Waals surface area contributed by atoms with Crippen LogP contribution < -0.4 is 10.1 Å². The average Bonchev–Trinajstić information content (AvgIpc) is 2.90. The number of carbonyl (C=O) groups excluding carboxylic acids is 2. The molecule has 1 aliphatic heterocycles. The van der Waals surface area contributed by atoms with Crippen LogP contribution in [0.1, 0.15) is 18.4 Å². The number of rotatable bonds is 7. The first-order valence-electron chi connectivity index (χ1n) is 7.63. The average molecular weight is 355 g/mol. The Bertz CT molecular complexity index is 683. The molecule has 1 aromatic carbocycles. The van der Waals surface area contributed by atoms with E-state index in [1.807, 2.05) is 12.1 Å². The molecule has 0 unspecified atom stereocenters. The molecule has 0 spiro atoms. The topological polar surface area (TPSA) is 98.8 Å². The number of amides is 1. The lowest BCUT2D eigenvalue weighted by Gasteiger charge is -2.09. The number of sulfone groups is 1. The Kier molecular flexibility index (Phi) is 6.19.